The molecule has 1 aliphatic heterocycles. The maximum atomic E-state index is 14.8. The molecule has 0 radical (unpaired) electrons. The van der Waals surface area contributed by atoms with Crippen LogP contribution in [0.5, 0.6) is 0 Å². The second-order valence-electron chi connectivity index (χ2n) is 12.0. The van der Waals surface area contributed by atoms with Crippen molar-refractivity contribution in [3.63, 3.8) is 0 Å². The molecule has 1 aliphatic carbocycles. The van der Waals surface area contributed by atoms with Crippen LogP contribution in [0.15, 0.2) is 12.1 Å². The van der Waals surface area contributed by atoms with Crippen LogP contribution in [0, 0.1) is 29.4 Å². The minimum absolute atomic E-state index is 0.0449. The minimum Gasteiger partial charge on any atom is -0.348 e. The van der Waals surface area contributed by atoms with Crippen LogP contribution >= 0.6 is 0 Å². The van der Waals surface area contributed by atoms with E-state index >= 15 is 0 Å². The van der Waals surface area contributed by atoms with Crippen molar-refractivity contribution in [2.45, 2.75) is 128 Å². The molecule has 1 saturated carbocycles. The number of carbonyl (C=O) groups is 2. The molecule has 0 N–H and O–H groups in total. The Balaban J connectivity index is 1.49. The SMILES string of the molecule is CCCCCC1CCC(CCC(C=O)CCC2(CCC(C=O)c3ccc(CCC)c(F)c3F)OCCO2)CC1. The Labute approximate surface area is 234 Å². The summed E-state index contributed by atoms with van der Waals surface area (Å²) in [5.41, 5.74) is 0.420. The van der Waals surface area contributed by atoms with Gasteiger partial charge in [0.1, 0.15) is 12.6 Å². The third-order valence-corrected chi connectivity index (χ3v) is 9.14. The largest absolute Gasteiger partial charge is 0.348 e. The quantitative estimate of drug-likeness (QED) is 0.136. The van der Waals surface area contributed by atoms with Gasteiger partial charge in [0, 0.05) is 30.2 Å². The van der Waals surface area contributed by atoms with E-state index in [1.807, 2.05) is 6.92 Å². The molecule has 220 valence electrons. The molecule has 2 unspecified atom stereocenters. The zero-order valence-electron chi connectivity index (χ0n) is 24.2. The first-order valence-corrected chi connectivity index (χ1v) is 15.6. The number of benzene rings is 1. The van der Waals surface area contributed by atoms with Crippen molar-refractivity contribution >= 4 is 12.6 Å². The molecule has 1 aromatic carbocycles. The third-order valence-electron chi connectivity index (χ3n) is 9.14. The number of carbonyl (C=O) groups excluding carboxylic acids is 2. The zero-order chi connectivity index (χ0) is 28.1. The van der Waals surface area contributed by atoms with Gasteiger partial charge < -0.3 is 19.1 Å². The molecule has 2 fully saturated rings. The highest BCUT2D eigenvalue weighted by Gasteiger charge is 2.38. The number of ether oxygens (including phenoxy) is 2. The lowest BCUT2D eigenvalue weighted by Crippen LogP contribution is -2.32. The average Bonchev–Trinajstić information content (AvgIpc) is 3.42. The Morgan fingerprint density at radius 1 is 0.846 bits per heavy atom. The topological polar surface area (TPSA) is 52.6 Å². The summed E-state index contributed by atoms with van der Waals surface area (Å²) in [4.78, 5) is 23.8. The molecule has 0 aromatic heterocycles. The summed E-state index contributed by atoms with van der Waals surface area (Å²) in [7, 11) is 0. The maximum Gasteiger partial charge on any atom is 0.168 e. The Hall–Kier alpha value is -1.66. The second-order valence-corrected chi connectivity index (χ2v) is 12.0. The van der Waals surface area contributed by atoms with E-state index in [4.69, 9.17) is 9.47 Å². The third kappa shape index (κ3) is 9.45. The zero-order valence-corrected chi connectivity index (χ0v) is 24.2. The molecule has 2 aliphatic rings. The number of unbranched alkanes of at least 4 members (excludes halogenated alkanes) is 2. The first-order valence-electron chi connectivity index (χ1n) is 15.6. The fourth-order valence-electron chi connectivity index (χ4n) is 6.56. The van der Waals surface area contributed by atoms with E-state index in [1.165, 1.54) is 57.4 Å². The molecule has 0 amide bonds. The minimum atomic E-state index is -0.934. The van der Waals surface area contributed by atoms with E-state index in [1.54, 1.807) is 6.07 Å². The van der Waals surface area contributed by atoms with Crippen molar-refractivity contribution in [2.24, 2.45) is 17.8 Å². The van der Waals surface area contributed by atoms with Crippen LogP contribution in [0.4, 0.5) is 8.78 Å². The molecule has 1 saturated heterocycles. The Morgan fingerprint density at radius 2 is 1.51 bits per heavy atom. The summed E-state index contributed by atoms with van der Waals surface area (Å²) in [5.74, 6) is -1.89. The smallest absolute Gasteiger partial charge is 0.168 e. The molecular formula is C33H50F2O4. The summed E-state index contributed by atoms with van der Waals surface area (Å²) in [6, 6.07) is 3.12. The van der Waals surface area contributed by atoms with E-state index in [0.29, 0.717) is 63.6 Å². The van der Waals surface area contributed by atoms with Gasteiger partial charge in [-0.15, -0.1) is 0 Å². The predicted molar refractivity (Wildman–Crippen MR) is 151 cm³/mol. The highest BCUT2D eigenvalue weighted by atomic mass is 19.2. The van der Waals surface area contributed by atoms with Gasteiger partial charge in [-0.05, 0) is 49.5 Å². The molecule has 0 spiro atoms. The van der Waals surface area contributed by atoms with Crippen LogP contribution in [0.1, 0.15) is 127 Å². The second kappa shape index (κ2) is 16.6. The van der Waals surface area contributed by atoms with Crippen LogP contribution < -0.4 is 0 Å². The summed E-state index contributed by atoms with van der Waals surface area (Å²) in [6.45, 7) is 5.07. The van der Waals surface area contributed by atoms with Crippen LogP contribution in [0.2, 0.25) is 0 Å². The number of hydrogen-bond donors (Lipinski definition) is 0. The molecule has 6 heteroatoms. The molecule has 1 heterocycles. The highest BCUT2D eigenvalue weighted by molar-refractivity contribution is 5.62. The van der Waals surface area contributed by atoms with Gasteiger partial charge in [-0.1, -0.05) is 83.8 Å². The first-order chi connectivity index (χ1) is 18.9. The Bertz CT molecular complexity index is 875. The van der Waals surface area contributed by atoms with Gasteiger partial charge in [0.25, 0.3) is 0 Å². The molecule has 4 nitrogen and oxygen atoms in total. The van der Waals surface area contributed by atoms with Gasteiger partial charge in [-0.2, -0.15) is 0 Å². The van der Waals surface area contributed by atoms with Crippen molar-refractivity contribution < 1.29 is 27.8 Å². The number of aldehydes is 2. The lowest BCUT2D eigenvalue weighted by atomic mass is 9.77. The maximum absolute atomic E-state index is 14.8. The molecule has 2 atom stereocenters. The lowest BCUT2D eigenvalue weighted by Gasteiger charge is -2.31. The molecule has 0 bridgehead atoms. The van der Waals surface area contributed by atoms with Gasteiger partial charge >= 0.3 is 0 Å². The van der Waals surface area contributed by atoms with Crippen molar-refractivity contribution in [3.8, 4) is 0 Å². The number of aryl methyl sites for hydroxylation is 1. The van der Waals surface area contributed by atoms with Gasteiger partial charge in [0.2, 0.25) is 0 Å². The van der Waals surface area contributed by atoms with Crippen molar-refractivity contribution in [2.75, 3.05) is 13.2 Å². The average molecular weight is 549 g/mol. The molecular weight excluding hydrogens is 498 g/mol. The van der Waals surface area contributed by atoms with Gasteiger partial charge in [-0.25, -0.2) is 8.78 Å². The number of rotatable bonds is 18. The summed E-state index contributed by atoms with van der Waals surface area (Å²) in [5, 5.41) is 0. The van der Waals surface area contributed by atoms with Gasteiger partial charge in [0.15, 0.2) is 17.4 Å². The monoisotopic (exact) mass is 548 g/mol. The fourth-order valence-corrected chi connectivity index (χ4v) is 6.56. The van der Waals surface area contributed by atoms with Crippen molar-refractivity contribution in [3.05, 3.63) is 34.9 Å². The van der Waals surface area contributed by atoms with Gasteiger partial charge in [0.05, 0.1) is 13.2 Å². The normalized spacial score (nSPS) is 22.5. The van der Waals surface area contributed by atoms with Crippen LogP contribution in [-0.4, -0.2) is 31.6 Å². The highest BCUT2D eigenvalue weighted by Crippen LogP contribution is 2.38. The van der Waals surface area contributed by atoms with Gasteiger partial charge in [-0.3, -0.25) is 0 Å². The first kappa shape index (κ1) is 31.9. The molecule has 39 heavy (non-hydrogen) atoms. The Morgan fingerprint density at radius 3 is 2.13 bits per heavy atom. The number of halogens is 2. The standard InChI is InChI=1S/C33H50F2O4/c1-3-5-6-8-25-9-11-26(12-10-25)13-14-27(23-36)17-19-33(38-21-22-39-33)20-18-29(24-37)30-16-15-28(7-4-2)31(34)32(30)35/h15-16,23-27,29H,3-14,17-22H2,1-2H3. The lowest BCUT2D eigenvalue weighted by molar-refractivity contribution is -0.170. The molecule has 1 aromatic rings. The van der Waals surface area contributed by atoms with Crippen molar-refractivity contribution in [1.29, 1.82) is 0 Å². The summed E-state index contributed by atoms with van der Waals surface area (Å²) >= 11 is 0. The van der Waals surface area contributed by atoms with Crippen molar-refractivity contribution in [1.82, 2.24) is 0 Å². The fraction of sp³-hybridized carbons (Fsp3) is 0.758. The Kier molecular flexibility index (Phi) is 13.5. The van der Waals surface area contributed by atoms with E-state index in [2.05, 4.69) is 6.92 Å². The van der Waals surface area contributed by atoms with E-state index in [0.717, 1.165) is 31.0 Å². The van der Waals surface area contributed by atoms with Crippen LogP contribution in [0.3, 0.4) is 0 Å². The molecule has 3 rings (SSSR count). The van der Waals surface area contributed by atoms with E-state index < -0.39 is 23.3 Å². The number of hydrogen-bond acceptors (Lipinski definition) is 4. The van der Waals surface area contributed by atoms with Crippen LogP contribution in [-0.2, 0) is 25.5 Å². The van der Waals surface area contributed by atoms with E-state index in [-0.39, 0.29) is 11.5 Å². The van der Waals surface area contributed by atoms with Crippen LogP contribution in [0.25, 0.3) is 0 Å². The van der Waals surface area contributed by atoms with E-state index in [9.17, 15) is 18.4 Å². The summed E-state index contributed by atoms with van der Waals surface area (Å²) in [6.07, 6.45) is 17.4. The summed E-state index contributed by atoms with van der Waals surface area (Å²) < 4.78 is 41.3. The predicted octanol–water partition coefficient (Wildman–Crippen LogP) is 8.49.